The van der Waals surface area contributed by atoms with Gasteiger partial charge in [-0.25, -0.2) is 0 Å². The monoisotopic (exact) mass is 177 g/mol. The number of aromatic nitrogens is 3. The Morgan fingerprint density at radius 2 is 2.08 bits per heavy atom. The van der Waals surface area contributed by atoms with Gasteiger partial charge in [-0.2, -0.15) is 0 Å². The van der Waals surface area contributed by atoms with Crippen molar-refractivity contribution in [1.82, 2.24) is 15.2 Å². The van der Waals surface area contributed by atoms with Gasteiger partial charge in [0.2, 0.25) is 0 Å². The quantitative estimate of drug-likeness (QED) is 0.693. The molecule has 0 unspecified atom stereocenters. The summed E-state index contributed by atoms with van der Waals surface area (Å²) in [6, 6.07) is 7.70. The number of hydrogen-bond acceptors (Lipinski definition) is 3. The summed E-state index contributed by atoms with van der Waals surface area (Å²) in [5.41, 5.74) is 1.75. The lowest BCUT2D eigenvalue weighted by atomic mass is 10.3. The summed E-state index contributed by atoms with van der Waals surface area (Å²) >= 11 is 0. The number of fused-ring (bicyclic) bond motifs is 1. The topological polar surface area (TPSA) is 39.9 Å². The maximum Gasteiger partial charge on any atom is 0.130 e. The van der Waals surface area contributed by atoms with Crippen molar-refractivity contribution in [1.29, 1.82) is 0 Å². The van der Waals surface area contributed by atoms with Crippen molar-refractivity contribution in [3.05, 3.63) is 24.3 Å². The molecule has 1 aromatic heterocycles. The van der Waals surface area contributed by atoms with Gasteiger partial charge >= 0.3 is 0 Å². The van der Waals surface area contributed by atoms with Crippen LogP contribution in [0.4, 0.5) is 0 Å². The fourth-order valence-electron chi connectivity index (χ4n) is 1.13. The standard InChI is InChI=1S/C9H11N3O/c1-7(2)13-12-9-6-4-3-5-8(9)10-11-12/h3-7H,1-2H3. The van der Waals surface area contributed by atoms with E-state index in [1.807, 2.05) is 38.1 Å². The van der Waals surface area contributed by atoms with Crippen molar-refractivity contribution in [2.45, 2.75) is 20.0 Å². The van der Waals surface area contributed by atoms with Crippen LogP contribution in [-0.2, 0) is 0 Å². The molecule has 68 valence electrons. The van der Waals surface area contributed by atoms with Gasteiger partial charge in [-0.05, 0) is 31.2 Å². The van der Waals surface area contributed by atoms with Crippen molar-refractivity contribution in [2.75, 3.05) is 0 Å². The van der Waals surface area contributed by atoms with Crippen LogP contribution in [0.5, 0.6) is 0 Å². The average Bonchev–Trinajstić information content (AvgIpc) is 2.48. The van der Waals surface area contributed by atoms with Crippen molar-refractivity contribution in [3.63, 3.8) is 0 Å². The Morgan fingerprint density at radius 3 is 2.85 bits per heavy atom. The lowest BCUT2D eigenvalue weighted by Crippen LogP contribution is -2.20. The molecule has 1 aromatic carbocycles. The Bertz CT molecular complexity index is 408. The highest BCUT2D eigenvalue weighted by atomic mass is 16.7. The van der Waals surface area contributed by atoms with Gasteiger partial charge in [-0.15, -0.1) is 5.10 Å². The van der Waals surface area contributed by atoms with E-state index in [1.165, 1.54) is 4.85 Å². The SMILES string of the molecule is CC(C)On1nnc2ccccc21. The van der Waals surface area contributed by atoms with Gasteiger partial charge in [0.05, 0.1) is 0 Å². The van der Waals surface area contributed by atoms with Crippen LogP contribution in [0.15, 0.2) is 24.3 Å². The zero-order valence-corrected chi connectivity index (χ0v) is 7.64. The van der Waals surface area contributed by atoms with Crippen molar-refractivity contribution in [3.8, 4) is 0 Å². The second kappa shape index (κ2) is 3.05. The third-order valence-electron chi connectivity index (χ3n) is 1.63. The maximum atomic E-state index is 5.41. The first-order valence-corrected chi connectivity index (χ1v) is 4.25. The molecule has 0 aliphatic rings. The van der Waals surface area contributed by atoms with E-state index in [9.17, 15) is 0 Å². The van der Waals surface area contributed by atoms with Crippen LogP contribution in [0, 0.1) is 0 Å². The molecule has 0 radical (unpaired) electrons. The molecule has 4 nitrogen and oxygen atoms in total. The third kappa shape index (κ3) is 1.47. The van der Waals surface area contributed by atoms with E-state index in [2.05, 4.69) is 10.3 Å². The highest BCUT2D eigenvalue weighted by Gasteiger charge is 2.04. The molecule has 4 heteroatoms. The van der Waals surface area contributed by atoms with E-state index < -0.39 is 0 Å². The third-order valence-corrected chi connectivity index (χ3v) is 1.63. The highest BCUT2D eigenvalue weighted by molar-refractivity contribution is 5.73. The lowest BCUT2D eigenvalue weighted by molar-refractivity contribution is 0.0408. The first kappa shape index (κ1) is 8.04. The van der Waals surface area contributed by atoms with Crippen LogP contribution >= 0.6 is 0 Å². The van der Waals surface area contributed by atoms with E-state index in [0.717, 1.165) is 11.0 Å². The summed E-state index contributed by atoms with van der Waals surface area (Å²) in [4.78, 5) is 6.87. The zero-order valence-electron chi connectivity index (χ0n) is 7.64. The second-order valence-electron chi connectivity index (χ2n) is 3.11. The molecule has 0 atom stereocenters. The zero-order chi connectivity index (χ0) is 9.26. The minimum atomic E-state index is 0.102. The summed E-state index contributed by atoms with van der Waals surface area (Å²) in [5, 5.41) is 7.84. The van der Waals surface area contributed by atoms with Crippen LogP contribution < -0.4 is 4.84 Å². The first-order chi connectivity index (χ1) is 6.27. The van der Waals surface area contributed by atoms with Gasteiger partial charge < -0.3 is 4.84 Å². The Morgan fingerprint density at radius 1 is 1.31 bits per heavy atom. The van der Waals surface area contributed by atoms with Crippen molar-refractivity contribution in [2.24, 2.45) is 0 Å². The summed E-state index contributed by atoms with van der Waals surface area (Å²) in [5.74, 6) is 0. The number of benzene rings is 1. The molecule has 0 aliphatic carbocycles. The van der Waals surface area contributed by atoms with Crippen LogP contribution in [0.1, 0.15) is 13.8 Å². The number of nitrogens with zero attached hydrogens (tertiary/aromatic N) is 3. The number of rotatable bonds is 2. The van der Waals surface area contributed by atoms with Gasteiger partial charge in [0, 0.05) is 0 Å². The molecule has 0 bridgehead atoms. The highest BCUT2D eigenvalue weighted by Crippen LogP contribution is 2.08. The van der Waals surface area contributed by atoms with Gasteiger partial charge in [0.15, 0.2) is 0 Å². The molecule has 0 saturated carbocycles. The lowest BCUT2D eigenvalue weighted by Gasteiger charge is -2.07. The van der Waals surface area contributed by atoms with Gasteiger partial charge in [0.1, 0.15) is 17.1 Å². The van der Waals surface area contributed by atoms with Crippen molar-refractivity contribution >= 4 is 11.0 Å². The average molecular weight is 177 g/mol. The predicted molar refractivity (Wildman–Crippen MR) is 49.2 cm³/mol. The Balaban J connectivity index is 2.46. The minimum absolute atomic E-state index is 0.102. The Labute approximate surface area is 76.1 Å². The molecule has 0 saturated heterocycles. The molecular formula is C9H11N3O. The van der Waals surface area contributed by atoms with Crippen LogP contribution in [0.25, 0.3) is 11.0 Å². The van der Waals surface area contributed by atoms with E-state index >= 15 is 0 Å². The van der Waals surface area contributed by atoms with E-state index in [1.54, 1.807) is 0 Å². The molecule has 0 spiro atoms. The summed E-state index contributed by atoms with van der Waals surface area (Å²) < 4.78 is 0. The fraction of sp³-hybridized carbons (Fsp3) is 0.333. The normalized spacial score (nSPS) is 11.0. The minimum Gasteiger partial charge on any atom is -0.392 e. The number of para-hydroxylation sites is 1. The molecule has 2 rings (SSSR count). The fourth-order valence-corrected chi connectivity index (χ4v) is 1.13. The largest absolute Gasteiger partial charge is 0.392 e. The number of hydrogen-bond donors (Lipinski definition) is 0. The second-order valence-corrected chi connectivity index (χ2v) is 3.11. The van der Waals surface area contributed by atoms with Gasteiger partial charge in [-0.1, -0.05) is 17.0 Å². The van der Waals surface area contributed by atoms with E-state index in [0.29, 0.717) is 0 Å². The molecule has 13 heavy (non-hydrogen) atoms. The van der Waals surface area contributed by atoms with Crippen LogP contribution in [0.3, 0.4) is 0 Å². The van der Waals surface area contributed by atoms with E-state index in [4.69, 9.17) is 4.84 Å². The molecule has 0 N–H and O–H groups in total. The smallest absolute Gasteiger partial charge is 0.130 e. The molecule has 2 aromatic rings. The molecule has 1 heterocycles. The van der Waals surface area contributed by atoms with Gasteiger partial charge in [-0.3, -0.25) is 0 Å². The summed E-state index contributed by atoms with van der Waals surface area (Å²) in [6.07, 6.45) is 0.102. The Hall–Kier alpha value is -1.58. The maximum absolute atomic E-state index is 5.41. The summed E-state index contributed by atoms with van der Waals surface area (Å²) in [6.45, 7) is 3.91. The van der Waals surface area contributed by atoms with Gasteiger partial charge in [0.25, 0.3) is 0 Å². The van der Waals surface area contributed by atoms with Crippen LogP contribution in [0.2, 0.25) is 0 Å². The van der Waals surface area contributed by atoms with E-state index in [-0.39, 0.29) is 6.10 Å². The Kier molecular flexibility index (Phi) is 1.88. The molecule has 0 amide bonds. The predicted octanol–water partition coefficient (Wildman–Crippen LogP) is 1.27. The molecular weight excluding hydrogens is 166 g/mol. The molecule has 0 fully saturated rings. The summed E-state index contributed by atoms with van der Waals surface area (Å²) in [7, 11) is 0. The van der Waals surface area contributed by atoms with Crippen LogP contribution in [-0.4, -0.2) is 21.3 Å². The molecule has 0 aliphatic heterocycles. The van der Waals surface area contributed by atoms with Crippen molar-refractivity contribution < 1.29 is 4.84 Å². The first-order valence-electron chi connectivity index (χ1n) is 4.25.